The number of rotatable bonds is 5. The average Bonchev–Trinajstić information content (AvgIpc) is 3.07. The van der Waals surface area contributed by atoms with Gasteiger partial charge < -0.3 is 19.5 Å². The third-order valence-corrected chi connectivity index (χ3v) is 6.09. The van der Waals surface area contributed by atoms with E-state index in [-0.39, 0.29) is 11.7 Å². The molecule has 0 unspecified atom stereocenters. The second-order valence-corrected chi connectivity index (χ2v) is 7.98. The first-order valence-electron chi connectivity index (χ1n) is 10.4. The predicted octanol–water partition coefficient (Wildman–Crippen LogP) is 2.26. The number of aryl methyl sites for hydroxylation is 1. The number of piperazine rings is 1. The van der Waals surface area contributed by atoms with E-state index in [1.807, 2.05) is 40.9 Å². The van der Waals surface area contributed by atoms with Crippen LogP contribution in [0.25, 0.3) is 0 Å². The number of anilines is 1. The molecular formula is C22H29FN4O2. The maximum atomic E-state index is 13.1. The molecule has 6 nitrogen and oxygen atoms in total. The summed E-state index contributed by atoms with van der Waals surface area (Å²) in [4.78, 5) is 19.4. The number of aromatic nitrogens is 1. The Labute approximate surface area is 171 Å². The van der Waals surface area contributed by atoms with Gasteiger partial charge in [0.1, 0.15) is 5.82 Å². The molecule has 1 saturated heterocycles. The van der Waals surface area contributed by atoms with E-state index in [0.29, 0.717) is 25.1 Å². The highest BCUT2D eigenvalue weighted by Crippen LogP contribution is 2.27. The predicted molar refractivity (Wildman–Crippen MR) is 111 cm³/mol. The molecule has 29 heavy (non-hydrogen) atoms. The van der Waals surface area contributed by atoms with Gasteiger partial charge in [-0.05, 0) is 49.7 Å². The minimum Gasteiger partial charge on any atom is -0.387 e. The summed E-state index contributed by atoms with van der Waals surface area (Å²) in [6.07, 6.45) is 2.75. The number of carbonyl (C=O) groups is 1. The van der Waals surface area contributed by atoms with Crippen molar-refractivity contribution in [2.24, 2.45) is 7.05 Å². The maximum Gasteiger partial charge on any atom is 0.255 e. The average molecular weight is 400 g/mol. The Morgan fingerprint density at radius 1 is 1.03 bits per heavy atom. The molecule has 1 atom stereocenters. The number of halogens is 1. The molecule has 2 aliphatic rings. The molecule has 2 aliphatic heterocycles. The Morgan fingerprint density at radius 3 is 2.48 bits per heavy atom. The first kappa shape index (κ1) is 19.9. The van der Waals surface area contributed by atoms with Gasteiger partial charge in [-0.15, -0.1) is 0 Å². The van der Waals surface area contributed by atoms with E-state index in [0.717, 1.165) is 50.5 Å². The molecule has 1 aromatic heterocycles. The van der Waals surface area contributed by atoms with Crippen molar-refractivity contribution in [1.29, 1.82) is 0 Å². The van der Waals surface area contributed by atoms with Gasteiger partial charge in [0, 0.05) is 58.2 Å². The van der Waals surface area contributed by atoms with Crippen LogP contribution >= 0.6 is 0 Å². The normalized spacial score (nSPS) is 20.7. The number of aliphatic hydroxyl groups is 1. The molecular weight excluding hydrogens is 371 g/mol. The fourth-order valence-corrected chi connectivity index (χ4v) is 4.40. The molecule has 7 heteroatoms. The van der Waals surface area contributed by atoms with E-state index in [9.17, 15) is 14.3 Å². The second-order valence-electron chi connectivity index (χ2n) is 7.98. The van der Waals surface area contributed by atoms with Crippen LogP contribution in [0.15, 0.2) is 36.5 Å². The number of hydrogen-bond donors (Lipinski definition) is 1. The van der Waals surface area contributed by atoms with E-state index in [2.05, 4.69) is 9.80 Å². The molecule has 4 rings (SSSR count). The smallest absolute Gasteiger partial charge is 0.255 e. The van der Waals surface area contributed by atoms with Gasteiger partial charge >= 0.3 is 0 Å². The lowest BCUT2D eigenvalue weighted by Crippen LogP contribution is -2.47. The molecule has 0 spiro atoms. The fourth-order valence-electron chi connectivity index (χ4n) is 4.40. The largest absolute Gasteiger partial charge is 0.387 e. The summed E-state index contributed by atoms with van der Waals surface area (Å²) in [5.41, 5.74) is 2.43. The molecule has 0 aliphatic carbocycles. The Morgan fingerprint density at radius 2 is 1.76 bits per heavy atom. The van der Waals surface area contributed by atoms with Crippen molar-refractivity contribution in [2.45, 2.75) is 18.9 Å². The molecule has 1 amide bonds. The van der Waals surface area contributed by atoms with E-state index < -0.39 is 6.10 Å². The number of benzene rings is 1. The first-order chi connectivity index (χ1) is 14.0. The van der Waals surface area contributed by atoms with Crippen molar-refractivity contribution in [3.05, 3.63) is 53.6 Å². The third-order valence-electron chi connectivity index (χ3n) is 6.09. The van der Waals surface area contributed by atoms with Crippen molar-refractivity contribution in [3.8, 4) is 0 Å². The van der Waals surface area contributed by atoms with Crippen LogP contribution in [0.3, 0.4) is 0 Å². The molecule has 1 N–H and O–H groups in total. The van der Waals surface area contributed by atoms with Gasteiger partial charge in [-0.1, -0.05) is 0 Å². The maximum absolute atomic E-state index is 13.1. The summed E-state index contributed by atoms with van der Waals surface area (Å²) in [5, 5.41) is 10.4. The summed E-state index contributed by atoms with van der Waals surface area (Å²) in [6, 6.07) is 8.50. The van der Waals surface area contributed by atoms with Gasteiger partial charge in [0.2, 0.25) is 0 Å². The summed E-state index contributed by atoms with van der Waals surface area (Å²) < 4.78 is 14.9. The van der Waals surface area contributed by atoms with Gasteiger partial charge in [0.05, 0.1) is 17.4 Å². The fraction of sp³-hybridized carbons (Fsp3) is 0.500. The topological polar surface area (TPSA) is 52.0 Å². The molecule has 2 aromatic rings. The summed E-state index contributed by atoms with van der Waals surface area (Å²) in [5.74, 6) is -0.177. The second kappa shape index (κ2) is 8.55. The van der Waals surface area contributed by atoms with E-state index in [1.165, 1.54) is 12.1 Å². The lowest BCUT2D eigenvalue weighted by atomic mass is 10.1. The standard InChI is InChI=1S/C22H29FN4O2/c1-24-11-7-19-21(24)20(28)8-12-27(22(19)29)10-2-9-25-13-15-26(16-14-25)18-5-3-17(23)4-6-18/h3-7,11,20,28H,2,8-10,12-16H2,1H3/t20-/m1/s1. The minimum atomic E-state index is -0.585. The summed E-state index contributed by atoms with van der Waals surface area (Å²) in [7, 11) is 1.87. The van der Waals surface area contributed by atoms with E-state index in [1.54, 1.807) is 0 Å². The lowest BCUT2D eigenvalue weighted by Gasteiger charge is -2.36. The van der Waals surface area contributed by atoms with Crippen molar-refractivity contribution < 1.29 is 14.3 Å². The third kappa shape index (κ3) is 4.31. The molecule has 0 radical (unpaired) electrons. The summed E-state index contributed by atoms with van der Waals surface area (Å²) in [6.45, 7) is 6.03. The minimum absolute atomic E-state index is 0.0262. The zero-order valence-corrected chi connectivity index (χ0v) is 16.9. The van der Waals surface area contributed by atoms with Crippen LogP contribution < -0.4 is 4.90 Å². The number of fused-ring (bicyclic) bond motifs is 1. The monoisotopic (exact) mass is 400 g/mol. The van der Waals surface area contributed by atoms with Gasteiger partial charge in [-0.3, -0.25) is 9.69 Å². The number of amides is 1. The SMILES string of the molecule is Cn1ccc2c1[C@H](O)CCN(CCCN1CCN(c3ccc(F)cc3)CC1)C2=O. The lowest BCUT2D eigenvalue weighted by molar-refractivity contribution is 0.0738. The molecule has 0 saturated carbocycles. The van der Waals surface area contributed by atoms with Crippen molar-refractivity contribution in [2.75, 3.05) is 50.7 Å². The van der Waals surface area contributed by atoms with Crippen LogP contribution in [0.4, 0.5) is 10.1 Å². The van der Waals surface area contributed by atoms with Crippen LogP contribution in [0.2, 0.25) is 0 Å². The van der Waals surface area contributed by atoms with Gasteiger partial charge in [-0.25, -0.2) is 4.39 Å². The summed E-state index contributed by atoms with van der Waals surface area (Å²) >= 11 is 0. The van der Waals surface area contributed by atoms with E-state index in [4.69, 9.17) is 0 Å². The zero-order chi connectivity index (χ0) is 20.4. The Kier molecular flexibility index (Phi) is 5.87. The van der Waals surface area contributed by atoms with Gasteiger partial charge in [-0.2, -0.15) is 0 Å². The van der Waals surface area contributed by atoms with Crippen LogP contribution in [-0.2, 0) is 7.05 Å². The van der Waals surface area contributed by atoms with Crippen molar-refractivity contribution >= 4 is 11.6 Å². The molecule has 3 heterocycles. The number of aliphatic hydroxyl groups excluding tert-OH is 1. The molecule has 0 bridgehead atoms. The van der Waals surface area contributed by atoms with Gasteiger partial charge in [0.15, 0.2) is 0 Å². The van der Waals surface area contributed by atoms with Gasteiger partial charge in [0.25, 0.3) is 5.91 Å². The quantitative estimate of drug-likeness (QED) is 0.837. The Bertz CT molecular complexity index is 843. The molecule has 1 fully saturated rings. The number of carbonyl (C=O) groups excluding carboxylic acids is 1. The number of hydrogen-bond acceptors (Lipinski definition) is 4. The first-order valence-corrected chi connectivity index (χ1v) is 10.4. The number of nitrogens with zero attached hydrogens (tertiary/aromatic N) is 4. The Balaban J connectivity index is 1.26. The van der Waals surface area contributed by atoms with Crippen LogP contribution in [0.1, 0.15) is 35.0 Å². The zero-order valence-electron chi connectivity index (χ0n) is 16.9. The highest BCUT2D eigenvalue weighted by atomic mass is 19.1. The van der Waals surface area contributed by atoms with Crippen LogP contribution in [-0.4, -0.2) is 71.2 Å². The van der Waals surface area contributed by atoms with Crippen LogP contribution in [0.5, 0.6) is 0 Å². The molecule has 156 valence electrons. The van der Waals surface area contributed by atoms with Crippen LogP contribution in [0, 0.1) is 5.82 Å². The highest BCUT2D eigenvalue weighted by Gasteiger charge is 2.29. The molecule has 1 aromatic carbocycles. The van der Waals surface area contributed by atoms with E-state index >= 15 is 0 Å². The van der Waals surface area contributed by atoms with Crippen molar-refractivity contribution in [1.82, 2.24) is 14.4 Å². The Hall–Kier alpha value is -2.38. The highest BCUT2D eigenvalue weighted by molar-refractivity contribution is 5.96. The van der Waals surface area contributed by atoms with Crippen molar-refractivity contribution in [3.63, 3.8) is 0 Å².